The number of allylic oxidation sites excluding steroid dienone is 1. The van der Waals surface area contributed by atoms with Crippen molar-refractivity contribution in [2.24, 2.45) is 10.9 Å². The van der Waals surface area contributed by atoms with E-state index in [1.165, 1.54) is 36.8 Å². The summed E-state index contributed by atoms with van der Waals surface area (Å²) in [7, 11) is 0. The Kier molecular flexibility index (Phi) is 7.73. The number of hydrogen-bond donors (Lipinski definition) is 0. The van der Waals surface area contributed by atoms with E-state index in [0.717, 1.165) is 30.2 Å². The fraction of sp³-hybridized carbons (Fsp3) is 0.450. The first-order chi connectivity index (χ1) is 11.7. The summed E-state index contributed by atoms with van der Waals surface area (Å²) >= 11 is 0. The van der Waals surface area contributed by atoms with Gasteiger partial charge in [-0.1, -0.05) is 24.8 Å². The third kappa shape index (κ3) is 3.55. The van der Waals surface area contributed by atoms with E-state index < -0.39 is 0 Å². The Morgan fingerprint density at radius 3 is 2.46 bits per heavy atom. The van der Waals surface area contributed by atoms with Crippen molar-refractivity contribution in [3.8, 4) is 0 Å². The van der Waals surface area contributed by atoms with Gasteiger partial charge in [-0.05, 0) is 38.9 Å². The number of hydrogen-bond acceptors (Lipinski definition) is 3. The molecule has 2 bridgehead atoms. The second-order valence-electron chi connectivity index (χ2n) is 7.50. The Morgan fingerprint density at radius 1 is 1.18 bits per heavy atom. The molecule has 2 aromatic rings. The molecule has 1 aromatic heterocycles. The van der Waals surface area contributed by atoms with Crippen molar-refractivity contribution in [1.82, 2.24) is 9.47 Å². The number of halogens is 2. The van der Waals surface area contributed by atoms with Gasteiger partial charge in [0, 0.05) is 29.7 Å². The van der Waals surface area contributed by atoms with Crippen LogP contribution < -0.4 is 0 Å². The number of piperidine rings is 3. The highest BCUT2D eigenvalue weighted by atomic mass is 35.5. The molecule has 1 spiro atoms. The van der Waals surface area contributed by atoms with E-state index in [1.807, 2.05) is 6.92 Å². The number of aliphatic imine (C=N–C) groups is 1. The van der Waals surface area contributed by atoms with Gasteiger partial charge in [0.25, 0.3) is 0 Å². The maximum absolute atomic E-state index is 6.58. The third-order valence-electron chi connectivity index (χ3n) is 5.97. The molecule has 156 valence electrons. The van der Waals surface area contributed by atoms with Crippen LogP contribution in [0.3, 0.4) is 0 Å². The van der Waals surface area contributed by atoms with E-state index >= 15 is 0 Å². The molecule has 5 heterocycles. The van der Waals surface area contributed by atoms with Crippen molar-refractivity contribution in [2.75, 3.05) is 26.2 Å². The highest BCUT2D eigenvalue weighted by molar-refractivity contribution is 6.08. The summed E-state index contributed by atoms with van der Waals surface area (Å²) in [4.78, 5) is 7.39. The molecule has 3 fully saturated rings. The third-order valence-corrected chi connectivity index (χ3v) is 5.97. The first-order valence-electron chi connectivity index (χ1n) is 8.88. The van der Waals surface area contributed by atoms with Crippen LogP contribution >= 0.6 is 24.8 Å². The monoisotopic (exact) mass is 429 g/mol. The zero-order valence-corrected chi connectivity index (χ0v) is 17.6. The predicted octanol–water partition coefficient (Wildman–Crippen LogP) is 2.57. The summed E-state index contributed by atoms with van der Waals surface area (Å²) in [6.07, 6.45) is 4.62. The predicted molar refractivity (Wildman–Crippen MR) is 119 cm³/mol. The summed E-state index contributed by atoms with van der Waals surface area (Å²) < 4.78 is 8.71. The number of rotatable bonds is 2. The summed E-state index contributed by atoms with van der Waals surface area (Å²) in [5, 5.41) is 1.19. The quantitative estimate of drug-likeness (QED) is 0.733. The molecule has 1 atom stereocenters. The smallest absolute Gasteiger partial charge is 0.219 e. The number of benzene rings is 1. The van der Waals surface area contributed by atoms with E-state index in [1.54, 1.807) is 0 Å². The van der Waals surface area contributed by atoms with Crippen LogP contribution in [0.5, 0.6) is 0 Å². The van der Waals surface area contributed by atoms with Crippen LogP contribution in [0.1, 0.15) is 25.3 Å². The zero-order valence-electron chi connectivity index (χ0n) is 16.0. The van der Waals surface area contributed by atoms with Crippen molar-refractivity contribution in [1.29, 1.82) is 0 Å². The van der Waals surface area contributed by atoms with Gasteiger partial charge in [-0.2, -0.15) is 0 Å². The topological polar surface area (TPSA) is 92.8 Å². The summed E-state index contributed by atoms with van der Waals surface area (Å²) in [5.74, 6) is 1.47. The number of nitrogens with zero attached hydrogens (tertiary/aromatic N) is 3. The number of para-hydroxylation sites is 1. The fourth-order valence-electron chi connectivity index (χ4n) is 4.69. The average Bonchev–Trinajstić information content (AvgIpc) is 3.18. The first-order valence-corrected chi connectivity index (χ1v) is 8.88. The lowest BCUT2D eigenvalue weighted by Crippen LogP contribution is -2.60. The van der Waals surface area contributed by atoms with Gasteiger partial charge in [0.15, 0.2) is 0 Å². The van der Waals surface area contributed by atoms with Crippen molar-refractivity contribution < 1.29 is 15.7 Å². The summed E-state index contributed by atoms with van der Waals surface area (Å²) in [6, 6.07) is 8.43. The van der Waals surface area contributed by atoms with Crippen molar-refractivity contribution in [3.05, 3.63) is 42.6 Å². The molecule has 6 nitrogen and oxygen atoms in total. The molecule has 0 aliphatic carbocycles. The van der Waals surface area contributed by atoms with Crippen LogP contribution in [0, 0.1) is 5.92 Å². The van der Waals surface area contributed by atoms with Gasteiger partial charge in [0.1, 0.15) is 5.60 Å². The number of aromatic nitrogens is 1. The first kappa shape index (κ1) is 24.5. The molecule has 28 heavy (non-hydrogen) atoms. The molecular weight excluding hydrogens is 401 g/mol. The Hall–Kier alpha value is -1.57. The Morgan fingerprint density at radius 2 is 1.86 bits per heavy atom. The SMILES string of the molecule is C=C(C)n1cc(C2=NCC3(CN4CCC3CC4)O2)c2ccccc21.Cl.Cl.O.O. The second kappa shape index (κ2) is 8.84. The minimum absolute atomic E-state index is 0. The van der Waals surface area contributed by atoms with Crippen LogP contribution in [0.2, 0.25) is 0 Å². The minimum Gasteiger partial charge on any atom is -0.467 e. The standard InChI is InChI=1S/C20H23N3O.2ClH.2H2O/c1-14(2)23-11-17(16-5-3-4-6-18(16)23)19-21-12-20(24-19)13-22-9-7-15(20)8-10-22;;;;/h3-6,11,15H,1,7-10,12-13H2,2H3;2*1H;2*1H2. The largest absolute Gasteiger partial charge is 0.467 e. The van der Waals surface area contributed by atoms with Crippen LogP contribution in [0.4, 0.5) is 0 Å². The maximum atomic E-state index is 6.58. The zero-order chi connectivity index (χ0) is 16.3. The molecule has 0 saturated carbocycles. The van der Waals surface area contributed by atoms with Gasteiger partial charge >= 0.3 is 0 Å². The van der Waals surface area contributed by atoms with Gasteiger partial charge in [-0.25, -0.2) is 4.99 Å². The molecule has 4 aliphatic heterocycles. The van der Waals surface area contributed by atoms with Gasteiger partial charge in [0.2, 0.25) is 5.90 Å². The highest BCUT2D eigenvalue weighted by Crippen LogP contribution is 2.42. The summed E-state index contributed by atoms with van der Waals surface area (Å²) in [6.45, 7) is 10.4. The molecule has 3 saturated heterocycles. The fourth-order valence-corrected chi connectivity index (χ4v) is 4.69. The molecular formula is C20H29Cl2N3O3. The molecule has 0 radical (unpaired) electrons. The Bertz CT molecular complexity index is 875. The molecule has 1 aromatic carbocycles. The molecule has 8 heteroatoms. The molecule has 4 aliphatic rings. The van der Waals surface area contributed by atoms with Gasteiger partial charge in [-0.15, -0.1) is 24.8 Å². The van der Waals surface area contributed by atoms with Crippen LogP contribution in [-0.4, -0.2) is 58.1 Å². The second-order valence-corrected chi connectivity index (χ2v) is 7.50. The van der Waals surface area contributed by atoms with Crippen molar-refractivity contribution in [3.63, 3.8) is 0 Å². The van der Waals surface area contributed by atoms with E-state index in [0.29, 0.717) is 5.92 Å². The van der Waals surface area contributed by atoms with E-state index in [-0.39, 0.29) is 41.4 Å². The lowest BCUT2D eigenvalue weighted by Gasteiger charge is -2.50. The van der Waals surface area contributed by atoms with Crippen LogP contribution in [0.15, 0.2) is 42.0 Å². The van der Waals surface area contributed by atoms with Crippen LogP contribution in [-0.2, 0) is 4.74 Å². The normalized spacial score (nSPS) is 27.0. The van der Waals surface area contributed by atoms with E-state index in [2.05, 4.69) is 46.5 Å². The van der Waals surface area contributed by atoms with Crippen LogP contribution in [0.25, 0.3) is 16.6 Å². The lowest BCUT2D eigenvalue weighted by atomic mass is 9.75. The number of ether oxygens (including phenoxy) is 1. The molecule has 6 rings (SSSR count). The van der Waals surface area contributed by atoms with E-state index in [4.69, 9.17) is 9.73 Å². The lowest BCUT2D eigenvalue weighted by molar-refractivity contribution is -0.0825. The molecule has 0 amide bonds. The van der Waals surface area contributed by atoms with Gasteiger partial charge in [-0.3, -0.25) is 4.90 Å². The maximum Gasteiger partial charge on any atom is 0.219 e. The number of fused-ring (bicyclic) bond motifs is 3. The van der Waals surface area contributed by atoms with Gasteiger partial charge < -0.3 is 20.3 Å². The minimum atomic E-state index is -0.0851. The molecule has 4 N–H and O–H groups in total. The summed E-state index contributed by atoms with van der Waals surface area (Å²) in [5.41, 5.74) is 3.19. The van der Waals surface area contributed by atoms with Gasteiger partial charge in [0.05, 0.1) is 17.6 Å². The van der Waals surface area contributed by atoms with Crippen molar-refractivity contribution >= 4 is 47.3 Å². The van der Waals surface area contributed by atoms with E-state index in [9.17, 15) is 0 Å². The Balaban J connectivity index is 0.000000980. The van der Waals surface area contributed by atoms with Crippen molar-refractivity contribution in [2.45, 2.75) is 25.4 Å². The average molecular weight is 430 g/mol. The highest BCUT2D eigenvalue weighted by Gasteiger charge is 2.51. The Labute approximate surface area is 177 Å². The molecule has 1 unspecified atom stereocenters.